The number of carbonyl (C=O) groups is 1. The van der Waals surface area contributed by atoms with Crippen LogP contribution in [-0.4, -0.2) is 20.1 Å². The lowest BCUT2D eigenvalue weighted by Gasteiger charge is -2.11. The Morgan fingerprint density at radius 2 is 1.83 bits per heavy atom. The topological polar surface area (TPSA) is 75.3 Å². The smallest absolute Gasteiger partial charge is 0.248 e. The second kappa shape index (κ2) is 7.79. The van der Waals surface area contributed by atoms with Gasteiger partial charge < -0.3 is 5.32 Å². The third-order valence-electron chi connectivity index (χ3n) is 3.37. The van der Waals surface area contributed by atoms with E-state index in [-0.39, 0.29) is 11.7 Å². The molecule has 0 atom stereocenters. The highest BCUT2D eigenvalue weighted by molar-refractivity contribution is 7.92. The van der Waals surface area contributed by atoms with E-state index < -0.39 is 10.0 Å². The SMILES string of the molecule is CCS(=O)(=O)Nc1ccc(NC(=O)/C=C/c2ccccc2)cc1C. The van der Waals surface area contributed by atoms with Gasteiger partial charge >= 0.3 is 0 Å². The van der Waals surface area contributed by atoms with Crippen molar-refractivity contribution in [3.63, 3.8) is 0 Å². The number of anilines is 2. The summed E-state index contributed by atoms with van der Waals surface area (Å²) in [7, 11) is -3.32. The van der Waals surface area contributed by atoms with E-state index in [1.165, 1.54) is 6.08 Å². The Hall–Kier alpha value is -2.60. The van der Waals surface area contributed by atoms with Gasteiger partial charge in [0.15, 0.2) is 0 Å². The molecule has 0 saturated heterocycles. The van der Waals surface area contributed by atoms with Crippen LogP contribution in [0.15, 0.2) is 54.6 Å². The van der Waals surface area contributed by atoms with E-state index in [4.69, 9.17) is 0 Å². The maximum atomic E-state index is 11.9. The Morgan fingerprint density at radius 1 is 1.12 bits per heavy atom. The van der Waals surface area contributed by atoms with Gasteiger partial charge in [-0.2, -0.15) is 0 Å². The first-order chi connectivity index (χ1) is 11.4. The lowest BCUT2D eigenvalue weighted by Crippen LogP contribution is -2.15. The van der Waals surface area contributed by atoms with Crippen LogP contribution in [0, 0.1) is 6.92 Å². The first-order valence-electron chi connectivity index (χ1n) is 7.55. The van der Waals surface area contributed by atoms with E-state index in [0.717, 1.165) is 11.1 Å². The quantitative estimate of drug-likeness (QED) is 0.789. The van der Waals surface area contributed by atoms with Gasteiger partial charge in [0, 0.05) is 11.8 Å². The van der Waals surface area contributed by atoms with Crippen molar-refractivity contribution >= 4 is 33.4 Å². The van der Waals surface area contributed by atoms with Gasteiger partial charge in [0.25, 0.3) is 0 Å². The van der Waals surface area contributed by atoms with Crippen LogP contribution in [-0.2, 0) is 14.8 Å². The van der Waals surface area contributed by atoms with Crippen molar-refractivity contribution in [3.05, 3.63) is 65.7 Å². The monoisotopic (exact) mass is 344 g/mol. The first kappa shape index (κ1) is 17.7. The largest absolute Gasteiger partial charge is 0.323 e. The molecule has 0 fully saturated rings. The fourth-order valence-corrected chi connectivity index (χ4v) is 2.72. The lowest BCUT2D eigenvalue weighted by molar-refractivity contribution is -0.111. The van der Waals surface area contributed by atoms with Crippen LogP contribution in [0.3, 0.4) is 0 Å². The third-order valence-corrected chi connectivity index (χ3v) is 4.66. The molecule has 126 valence electrons. The lowest BCUT2D eigenvalue weighted by atomic mass is 10.2. The minimum absolute atomic E-state index is 0.00913. The molecule has 0 saturated carbocycles. The van der Waals surface area contributed by atoms with Crippen molar-refractivity contribution in [3.8, 4) is 0 Å². The minimum atomic E-state index is -3.32. The van der Waals surface area contributed by atoms with Crippen LogP contribution in [0.25, 0.3) is 6.08 Å². The number of amides is 1. The summed E-state index contributed by atoms with van der Waals surface area (Å²) in [5.41, 5.74) is 2.79. The van der Waals surface area contributed by atoms with Crippen LogP contribution >= 0.6 is 0 Å². The van der Waals surface area contributed by atoms with Crippen LogP contribution in [0.5, 0.6) is 0 Å². The Labute approximate surface area is 142 Å². The van der Waals surface area contributed by atoms with Crippen LogP contribution in [0.2, 0.25) is 0 Å². The molecule has 0 heterocycles. The molecule has 0 aromatic heterocycles. The van der Waals surface area contributed by atoms with E-state index in [1.54, 1.807) is 38.1 Å². The molecule has 5 nitrogen and oxygen atoms in total. The summed E-state index contributed by atoms with van der Waals surface area (Å²) in [6.07, 6.45) is 3.18. The fraction of sp³-hybridized carbons (Fsp3) is 0.167. The predicted octanol–water partition coefficient (Wildman–Crippen LogP) is 3.41. The van der Waals surface area contributed by atoms with E-state index in [9.17, 15) is 13.2 Å². The Balaban J connectivity index is 2.04. The number of hydrogen-bond acceptors (Lipinski definition) is 3. The molecule has 24 heavy (non-hydrogen) atoms. The molecule has 2 aromatic rings. The molecule has 2 aromatic carbocycles. The summed E-state index contributed by atoms with van der Waals surface area (Å²) < 4.78 is 25.7. The first-order valence-corrected chi connectivity index (χ1v) is 9.20. The van der Waals surface area contributed by atoms with Gasteiger partial charge in [0.05, 0.1) is 11.4 Å². The fourth-order valence-electron chi connectivity index (χ4n) is 2.02. The van der Waals surface area contributed by atoms with Gasteiger partial charge in [0.2, 0.25) is 15.9 Å². The molecule has 0 bridgehead atoms. The van der Waals surface area contributed by atoms with Crippen molar-refractivity contribution in [1.29, 1.82) is 0 Å². The van der Waals surface area contributed by atoms with Gasteiger partial charge in [-0.3, -0.25) is 9.52 Å². The number of sulfonamides is 1. The molecular weight excluding hydrogens is 324 g/mol. The summed E-state index contributed by atoms with van der Waals surface area (Å²) in [5.74, 6) is -0.241. The molecular formula is C18H20N2O3S. The molecule has 2 N–H and O–H groups in total. The highest BCUT2D eigenvalue weighted by atomic mass is 32.2. The van der Waals surface area contributed by atoms with E-state index >= 15 is 0 Å². The molecule has 1 amide bonds. The van der Waals surface area contributed by atoms with E-state index in [2.05, 4.69) is 10.0 Å². The summed E-state index contributed by atoms with van der Waals surface area (Å²) in [5, 5.41) is 2.75. The van der Waals surface area contributed by atoms with E-state index in [0.29, 0.717) is 11.4 Å². The number of benzene rings is 2. The van der Waals surface area contributed by atoms with Gasteiger partial charge in [-0.1, -0.05) is 30.3 Å². The van der Waals surface area contributed by atoms with E-state index in [1.807, 2.05) is 30.3 Å². The third kappa shape index (κ3) is 5.24. The predicted molar refractivity (Wildman–Crippen MR) is 98.4 cm³/mol. The molecule has 0 spiro atoms. The summed E-state index contributed by atoms with van der Waals surface area (Å²) in [6, 6.07) is 14.5. The minimum Gasteiger partial charge on any atom is -0.323 e. The second-order valence-corrected chi connectivity index (χ2v) is 7.28. The number of carbonyl (C=O) groups excluding carboxylic acids is 1. The zero-order chi connectivity index (χ0) is 17.6. The maximum absolute atomic E-state index is 11.9. The average molecular weight is 344 g/mol. The summed E-state index contributed by atoms with van der Waals surface area (Å²) in [4.78, 5) is 11.9. The molecule has 0 aliphatic heterocycles. The Kier molecular flexibility index (Phi) is 5.76. The second-order valence-electron chi connectivity index (χ2n) is 5.27. The van der Waals surface area contributed by atoms with Gasteiger partial charge in [0.1, 0.15) is 0 Å². The molecule has 0 unspecified atom stereocenters. The van der Waals surface area contributed by atoms with Gasteiger partial charge in [-0.25, -0.2) is 8.42 Å². The number of nitrogens with one attached hydrogen (secondary N) is 2. The number of rotatable bonds is 6. The Bertz CT molecular complexity index is 844. The average Bonchev–Trinajstić information content (AvgIpc) is 2.56. The zero-order valence-electron chi connectivity index (χ0n) is 13.6. The molecule has 0 aliphatic carbocycles. The maximum Gasteiger partial charge on any atom is 0.248 e. The van der Waals surface area contributed by atoms with Crippen molar-refractivity contribution in [2.45, 2.75) is 13.8 Å². The number of aryl methyl sites for hydroxylation is 1. The normalized spacial score (nSPS) is 11.4. The summed E-state index contributed by atoms with van der Waals surface area (Å²) in [6.45, 7) is 3.36. The van der Waals surface area contributed by atoms with Crippen molar-refractivity contribution < 1.29 is 13.2 Å². The van der Waals surface area contributed by atoms with Crippen LogP contribution < -0.4 is 10.0 Å². The summed E-state index contributed by atoms with van der Waals surface area (Å²) >= 11 is 0. The van der Waals surface area contributed by atoms with Crippen LogP contribution in [0.4, 0.5) is 11.4 Å². The van der Waals surface area contributed by atoms with Crippen molar-refractivity contribution in [1.82, 2.24) is 0 Å². The zero-order valence-corrected chi connectivity index (χ0v) is 14.4. The van der Waals surface area contributed by atoms with Crippen LogP contribution in [0.1, 0.15) is 18.1 Å². The van der Waals surface area contributed by atoms with Crippen molar-refractivity contribution in [2.75, 3.05) is 15.8 Å². The van der Waals surface area contributed by atoms with Crippen molar-refractivity contribution in [2.24, 2.45) is 0 Å². The highest BCUT2D eigenvalue weighted by Gasteiger charge is 2.09. The standard InChI is InChI=1S/C18H20N2O3S/c1-3-24(22,23)20-17-11-10-16(13-14(17)2)19-18(21)12-9-15-7-5-4-6-8-15/h4-13,20H,3H2,1-2H3,(H,19,21)/b12-9+. The highest BCUT2D eigenvalue weighted by Crippen LogP contribution is 2.21. The molecule has 6 heteroatoms. The molecule has 0 aliphatic rings. The molecule has 2 rings (SSSR count). The number of hydrogen-bond donors (Lipinski definition) is 2. The van der Waals surface area contributed by atoms with Gasteiger partial charge in [-0.05, 0) is 49.2 Å². The molecule has 0 radical (unpaired) electrons. The Morgan fingerprint density at radius 3 is 2.46 bits per heavy atom. The van der Waals surface area contributed by atoms with Gasteiger partial charge in [-0.15, -0.1) is 0 Å².